The van der Waals surface area contributed by atoms with Gasteiger partial charge in [-0.3, -0.25) is 9.52 Å². The van der Waals surface area contributed by atoms with E-state index in [0.29, 0.717) is 24.3 Å². The lowest BCUT2D eigenvalue weighted by atomic mass is 10.1. The molecule has 1 aliphatic rings. The molecule has 4 rings (SSSR count). The highest BCUT2D eigenvalue weighted by molar-refractivity contribution is 7.92. The van der Waals surface area contributed by atoms with Gasteiger partial charge in [-0.25, -0.2) is 12.8 Å². The summed E-state index contributed by atoms with van der Waals surface area (Å²) in [6.45, 7) is 2.84. The summed E-state index contributed by atoms with van der Waals surface area (Å²) in [5, 5.41) is 0. The summed E-state index contributed by atoms with van der Waals surface area (Å²) in [7, 11) is -3.86. The Balaban J connectivity index is 1.46. The molecule has 0 radical (unpaired) electrons. The van der Waals surface area contributed by atoms with Crippen molar-refractivity contribution in [1.82, 2.24) is 4.90 Å². The minimum Gasteiger partial charge on any atom is -0.367 e. The third-order valence-electron chi connectivity index (χ3n) is 5.23. The second-order valence-electron chi connectivity index (χ2n) is 7.69. The zero-order valence-corrected chi connectivity index (χ0v) is 18.3. The molecule has 1 amide bonds. The van der Waals surface area contributed by atoms with Crippen molar-refractivity contribution in [2.24, 2.45) is 0 Å². The third kappa shape index (κ3) is 4.98. The number of hydrogen-bond donors (Lipinski definition) is 1. The minimum absolute atomic E-state index is 0.0479. The molecule has 6 nitrogen and oxygen atoms in total. The van der Waals surface area contributed by atoms with Crippen LogP contribution in [0.3, 0.4) is 0 Å². The predicted molar refractivity (Wildman–Crippen MR) is 119 cm³/mol. The Bertz CT molecular complexity index is 1180. The average molecular weight is 455 g/mol. The van der Waals surface area contributed by atoms with Crippen molar-refractivity contribution in [3.63, 3.8) is 0 Å². The molecule has 1 saturated heterocycles. The number of carbonyl (C=O) groups excluding carboxylic acids is 1. The van der Waals surface area contributed by atoms with Crippen molar-refractivity contribution in [3.8, 4) is 0 Å². The van der Waals surface area contributed by atoms with Crippen LogP contribution in [0.5, 0.6) is 0 Å². The number of hydrogen-bond acceptors (Lipinski definition) is 4. The molecular formula is C24H23FN2O4S. The van der Waals surface area contributed by atoms with Crippen molar-refractivity contribution < 1.29 is 22.3 Å². The fraction of sp³-hybridized carbons (Fsp3) is 0.208. The van der Waals surface area contributed by atoms with Gasteiger partial charge in [0.15, 0.2) is 0 Å². The predicted octanol–water partition coefficient (Wildman–Crippen LogP) is 4.23. The van der Waals surface area contributed by atoms with E-state index in [0.717, 1.165) is 17.7 Å². The van der Waals surface area contributed by atoms with Crippen LogP contribution in [0.25, 0.3) is 0 Å². The van der Waals surface area contributed by atoms with Crippen LogP contribution >= 0.6 is 0 Å². The second-order valence-corrected chi connectivity index (χ2v) is 9.38. The van der Waals surface area contributed by atoms with E-state index in [-0.39, 0.29) is 23.0 Å². The fourth-order valence-corrected chi connectivity index (χ4v) is 4.72. The van der Waals surface area contributed by atoms with Gasteiger partial charge in [-0.05, 0) is 61.0 Å². The molecule has 0 aliphatic carbocycles. The quantitative estimate of drug-likeness (QED) is 0.626. The van der Waals surface area contributed by atoms with Crippen molar-refractivity contribution in [2.75, 3.05) is 17.8 Å². The molecule has 0 aromatic heterocycles. The average Bonchev–Trinajstić information content (AvgIpc) is 2.79. The van der Waals surface area contributed by atoms with Gasteiger partial charge in [0.2, 0.25) is 0 Å². The first-order chi connectivity index (χ1) is 15.3. The first-order valence-electron chi connectivity index (χ1n) is 10.2. The summed E-state index contributed by atoms with van der Waals surface area (Å²) < 4.78 is 46.4. The molecule has 1 N–H and O–H groups in total. The summed E-state index contributed by atoms with van der Waals surface area (Å²) in [4.78, 5) is 14.8. The van der Waals surface area contributed by atoms with E-state index < -0.39 is 15.8 Å². The van der Waals surface area contributed by atoms with E-state index in [9.17, 15) is 17.6 Å². The zero-order valence-electron chi connectivity index (χ0n) is 17.4. The van der Waals surface area contributed by atoms with Crippen LogP contribution in [0.2, 0.25) is 0 Å². The van der Waals surface area contributed by atoms with Crippen molar-refractivity contribution >= 4 is 21.6 Å². The summed E-state index contributed by atoms with van der Waals surface area (Å²) in [5.41, 5.74) is 1.78. The van der Waals surface area contributed by atoms with Gasteiger partial charge in [-0.15, -0.1) is 0 Å². The minimum atomic E-state index is -3.86. The highest BCUT2D eigenvalue weighted by atomic mass is 32.2. The Morgan fingerprint density at radius 3 is 2.28 bits per heavy atom. The lowest BCUT2D eigenvalue weighted by molar-refractivity contribution is -0.0691. The number of amides is 1. The van der Waals surface area contributed by atoms with E-state index in [1.807, 2.05) is 37.3 Å². The molecule has 8 heteroatoms. The number of anilines is 1. The summed E-state index contributed by atoms with van der Waals surface area (Å²) >= 11 is 0. The first kappa shape index (κ1) is 22.0. The van der Waals surface area contributed by atoms with Crippen LogP contribution in [0.4, 0.5) is 10.1 Å². The Labute approximate surface area is 186 Å². The van der Waals surface area contributed by atoms with Gasteiger partial charge in [0.05, 0.1) is 17.5 Å². The van der Waals surface area contributed by atoms with E-state index in [2.05, 4.69) is 4.72 Å². The number of nitrogens with zero attached hydrogens (tertiary/aromatic N) is 1. The zero-order chi connectivity index (χ0) is 22.7. The number of halogens is 1. The summed E-state index contributed by atoms with van der Waals surface area (Å²) in [6.07, 6.45) is -0.314. The second kappa shape index (κ2) is 9.10. The molecule has 32 heavy (non-hydrogen) atoms. The first-order valence-corrected chi connectivity index (χ1v) is 11.7. The number of morpholine rings is 1. The van der Waals surface area contributed by atoms with Crippen LogP contribution in [0.1, 0.15) is 28.9 Å². The van der Waals surface area contributed by atoms with E-state index in [4.69, 9.17) is 4.74 Å². The maximum absolute atomic E-state index is 13.1. The number of benzene rings is 3. The lowest BCUT2D eigenvalue weighted by Gasteiger charge is -2.37. The van der Waals surface area contributed by atoms with Crippen LogP contribution < -0.4 is 4.72 Å². The lowest BCUT2D eigenvalue weighted by Crippen LogP contribution is -2.45. The van der Waals surface area contributed by atoms with Gasteiger partial charge in [0, 0.05) is 17.8 Å². The molecule has 166 valence electrons. The summed E-state index contributed by atoms with van der Waals surface area (Å²) in [5.74, 6) is -0.659. The highest BCUT2D eigenvalue weighted by Gasteiger charge is 2.30. The number of nitrogens with one attached hydrogen (secondary N) is 1. The molecule has 1 heterocycles. The van der Waals surface area contributed by atoms with Crippen LogP contribution in [0.15, 0.2) is 83.8 Å². The molecular weight excluding hydrogens is 431 g/mol. The van der Waals surface area contributed by atoms with E-state index in [1.54, 1.807) is 17.0 Å². The topological polar surface area (TPSA) is 75.7 Å². The van der Waals surface area contributed by atoms with E-state index >= 15 is 0 Å². The maximum Gasteiger partial charge on any atom is 0.261 e. The van der Waals surface area contributed by atoms with Crippen molar-refractivity contribution in [2.45, 2.75) is 24.0 Å². The number of sulfonamides is 1. The Morgan fingerprint density at radius 2 is 1.62 bits per heavy atom. The van der Waals surface area contributed by atoms with Gasteiger partial charge >= 0.3 is 0 Å². The van der Waals surface area contributed by atoms with Gasteiger partial charge in [-0.1, -0.05) is 30.3 Å². The van der Waals surface area contributed by atoms with Crippen LogP contribution in [-0.2, 0) is 14.8 Å². The smallest absolute Gasteiger partial charge is 0.261 e. The normalized spacial score (nSPS) is 18.9. The fourth-order valence-electron chi connectivity index (χ4n) is 3.66. The van der Waals surface area contributed by atoms with Crippen LogP contribution in [-0.4, -0.2) is 38.4 Å². The monoisotopic (exact) mass is 454 g/mol. The maximum atomic E-state index is 13.1. The van der Waals surface area contributed by atoms with Gasteiger partial charge in [-0.2, -0.15) is 0 Å². The van der Waals surface area contributed by atoms with Crippen molar-refractivity contribution in [1.29, 1.82) is 0 Å². The van der Waals surface area contributed by atoms with Gasteiger partial charge < -0.3 is 9.64 Å². The molecule has 1 fully saturated rings. The molecule has 2 atom stereocenters. The Kier molecular flexibility index (Phi) is 6.25. The molecule has 3 aromatic carbocycles. The molecule has 2 unspecified atom stereocenters. The number of ether oxygens (including phenoxy) is 1. The number of carbonyl (C=O) groups is 1. The molecule has 0 bridgehead atoms. The van der Waals surface area contributed by atoms with E-state index in [1.165, 1.54) is 24.3 Å². The molecule has 0 saturated carbocycles. The summed E-state index contributed by atoms with van der Waals surface area (Å²) in [6, 6.07) is 20.6. The van der Waals surface area contributed by atoms with Crippen molar-refractivity contribution in [3.05, 3.63) is 95.8 Å². The molecule has 0 spiro atoms. The van der Waals surface area contributed by atoms with Gasteiger partial charge in [0.25, 0.3) is 15.9 Å². The third-order valence-corrected chi connectivity index (χ3v) is 6.62. The SMILES string of the molecule is CC1CN(C(=O)c2ccc(NS(=O)(=O)c3ccc(F)cc3)cc2)CC(c2ccccc2)O1. The largest absolute Gasteiger partial charge is 0.367 e. The Morgan fingerprint density at radius 1 is 0.969 bits per heavy atom. The standard InChI is InChI=1S/C24H23FN2O4S/c1-17-15-27(16-23(31-17)18-5-3-2-4-6-18)24(28)19-7-11-21(12-8-19)26-32(29,30)22-13-9-20(25)10-14-22/h2-14,17,23,26H,15-16H2,1H3. The van der Waals surface area contributed by atoms with Gasteiger partial charge in [0.1, 0.15) is 11.9 Å². The Hall–Kier alpha value is -3.23. The molecule has 3 aromatic rings. The number of rotatable bonds is 5. The molecule has 1 aliphatic heterocycles. The van der Waals surface area contributed by atoms with Crippen LogP contribution in [0, 0.1) is 5.82 Å². The highest BCUT2D eigenvalue weighted by Crippen LogP contribution is 2.26.